The molecule has 2 rings (SSSR count). The molecule has 1 heterocycles. The zero-order valence-electron chi connectivity index (χ0n) is 11.9. The van der Waals surface area contributed by atoms with E-state index in [0.717, 1.165) is 11.1 Å². The summed E-state index contributed by atoms with van der Waals surface area (Å²) in [5.41, 5.74) is 4.21. The smallest absolute Gasteiger partial charge is 0.305 e. The second kappa shape index (κ2) is 6.21. The molecule has 0 aliphatic rings. The average molecular weight is 287 g/mol. The molecule has 0 bridgehead atoms. The Morgan fingerprint density at radius 3 is 2.71 bits per heavy atom. The molecule has 1 aromatic carbocycles. The number of carboxylic acid groups (broad SMARTS) is 1. The number of aliphatic carboxylic acids is 1. The third-order valence-electron chi connectivity index (χ3n) is 3.10. The maximum atomic E-state index is 11.8. The minimum atomic E-state index is -0.948. The van der Waals surface area contributed by atoms with Gasteiger partial charge >= 0.3 is 5.97 Å². The molecule has 0 spiro atoms. The first-order valence-electron chi connectivity index (χ1n) is 6.60. The zero-order chi connectivity index (χ0) is 15.4. The highest BCUT2D eigenvalue weighted by atomic mass is 16.4. The Bertz CT molecular complexity index is 677. The number of aromatic amines is 1. The Morgan fingerprint density at radius 2 is 2.05 bits per heavy atom. The van der Waals surface area contributed by atoms with E-state index in [9.17, 15) is 9.59 Å². The van der Waals surface area contributed by atoms with Crippen LogP contribution < -0.4 is 5.32 Å². The number of carbonyl (C=O) groups is 2. The van der Waals surface area contributed by atoms with Crippen molar-refractivity contribution in [2.45, 2.75) is 20.3 Å². The maximum Gasteiger partial charge on any atom is 0.305 e. The van der Waals surface area contributed by atoms with E-state index in [1.165, 1.54) is 5.56 Å². The quantitative estimate of drug-likeness (QED) is 0.782. The van der Waals surface area contributed by atoms with E-state index in [1.54, 1.807) is 6.07 Å². The number of nitrogens with zero attached hydrogens (tertiary/aromatic N) is 1. The molecule has 6 nitrogen and oxygen atoms in total. The fraction of sp³-hybridized carbons (Fsp3) is 0.267. The van der Waals surface area contributed by atoms with Crippen LogP contribution in [0, 0.1) is 13.8 Å². The van der Waals surface area contributed by atoms with Gasteiger partial charge in [0.1, 0.15) is 5.69 Å². The van der Waals surface area contributed by atoms with Gasteiger partial charge in [0.2, 0.25) is 0 Å². The van der Waals surface area contributed by atoms with Crippen LogP contribution in [-0.4, -0.2) is 33.7 Å². The molecule has 0 atom stereocenters. The van der Waals surface area contributed by atoms with Crippen LogP contribution in [0.15, 0.2) is 24.3 Å². The Hall–Kier alpha value is -2.63. The number of amides is 1. The molecule has 21 heavy (non-hydrogen) atoms. The van der Waals surface area contributed by atoms with Gasteiger partial charge < -0.3 is 10.4 Å². The number of hydrogen-bond acceptors (Lipinski definition) is 3. The summed E-state index contributed by atoms with van der Waals surface area (Å²) in [6.07, 6.45) is -0.107. The molecule has 1 aromatic heterocycles. The van der Waals surface area contributed by atoms with Gasteiger partial charge in [0.05, 0.1) is 12.1 Å². The van der Waals surface area contributed by atoms with Crippen molar-refractivity contribution in [1.29, 1.82) is 0 Å². The second-order valence-corrected chi connectivity index (χ2v) is 4.88. The Labute approximate surface area is 122 Å². The lowest BCUT2D eigenvalue weighted by Gasteiger charge is -2.03. The Balaban J connectivity index is 2.10. The molecule has 0 aliphatic heterocycles. The molecule has 2 aromatic rings. The van der Waals surface area contributed by atoms with Crippen molar-refractivity contribution in [2.75, 3.05) is 6.54 Å². The van der Waals surface area contributed by atoms with Crippen LogP contribution in [0.5, 0.6) is 0 Å². The van der Waals surface area contributed by atoms with Crippen molar-refractivity contribution < 1.29 is 14.7 Å². The van der Waals surface area contributed by atoms with Crippen LogP contribution in [-0.2, 0) is 4.79 Å². The summed E-state index contributed by atoms with van der Waals surface area (Å²) < 4.78 is 0. The number of aromatic nitrogens is 2. The molecule has 0 radical (unpaired) electrons. The van der Waals surface area contributed by atoms with Crippen LogP contribution in [0.2, 0.25) is 0 Å². The summed E-state index contributed by atoms with van der Waals surface area (Å²) in [6, 6.07) is 7.67. The summed E-state index contributed by atoms with van der Waals surface area (Å²) in [7, 11) is 0. The predicted molar refractivity (Wildman–Crippen MR) is 78.1 cm³/mol. The Kier molecular flexibility index (Phi) is 4.37. The number of aryl methyl sites for hydroxylation is 2. The summed E-state index contributed by atoms with van der Waals surface area (Å²) in [5, 5.41) is 17.9. The molecule has 0 aliphatic carbocycles. The number of hydrogen-bond donors (Lipinski definition) is 3. The summed E-state index contributed by atoms with van der Waals surface area (Å²) in [6.45, 7) is 4.10. The molecular weight excluding hydrogens is 270 g/mol. The topological polar surface area (TPSA) is 95.1 Å². The highest BCUT2D eigenvalue weighted by Crippen LogP contribution is 2.22. The van der Waals surface area contributed by atoms with Gasteiger partial charge in [-0.3, -0.25) is 14.7 Å². The highest BCUT2D eigenvalue weighted by molar-refractivity contribution is 5.93. The molecule has 0 saturated heterocycles. The predicted octanol–water partition coefficient (Wildman–Crippen LogP) is 1.90. The van der Waals surface area contributed by atoms with E-state index in [0.29, 0.717) is 11.4 Å². The number of carbonyl (C=O) groups excluding carboxylic acids is 1. The van der Waals surface area contributed by atoms with Crippen molar-refractivity contribution in [3.8, 4) is 11.3 Å². The molecule has 0 unspecified atom stereocenters. The van der Waals surface area contributed by atoms with Crippen LogP contribution in [0.4, 0.5) is 0 Å². The molecule has 0 fully saturated rings. The van der Waals surface area contributed by atoms with Gasteiger partial charge in [0.15, 0.2) is 0 Å². The maximum absolute atomic E-state index is 11.8. The number of benzene rings is 1. The minimum Gasteiger partial charge on any atom is -0.481 e. The van der Waals surface area contributed by atoms with Crippen LogP contribution >= 0.6 is 0 Å². The van der Waals surface area contributed by atoms with Gasteiger partial charge in [-0.1, -0.05) is 23.8 Å². The highest BCUT2D eigenvalue weighted by Gasteiger charge is 2.12. The van der Waals surface area contributed by atoms with E-state index >= 15 is 0 Å². The van der Waals surface area contributed by atoms with Crippen molar-refractivity contribution in [3.05, 3.63) is 41.1 Å². The Morgan fingerprint density at radius 1 is 1.29 bits per heavy atom. The number of carboxylic acids is 1. The van der Waals surface area contributed by atoms with Gasteiger partial charge in [-0.15, -0.1) is 0 Å². The fourth-order valence-electron chi connectivity index (χ4n) is 2.06. The number of H-pyrrole nitrogens is 1. The summed E-state index contributed by atoms with van der Waals surface area (Å²) in [5.74, 6) is -1.31. The lowest BCUT2D eigenvalue weighted by molar-refractivity contribution is -0.136. The van der Waals surface area contributed by atoms with Gasteiger partial charge in [0, 0.05) is 12.1 Å². The van der Waals surface area contributed by atoms with E-state index in [4.69, 9.17) is 5.11 Å². The van der Waals surface area contributed by atoms with E-state index in [2.05, 4.69) is 21.6 Å². The van der Waals surface area contributed by atoms with E-state index in [-0.39, 0.29) is 18.9 Å². The van der Waals surface area contributed by atoms with Crippen molar-refractivity contribution in [3.63, 3.8) is 0 Å². The fourth-order valence-corrected chi connectivity index (χ4v) is 2.06. The van der Waals surface area contributed by atoms with Gasteiger partial charge in [-0.2, -0.15) is 5.10 Å². The largest absolute Gasteiger partial charge is 0.481 e. The van der Waals surface area contributed by atoms with Gasteiger partial charge in [-0.05, 0) is 25.5 Å². The molecular formula is C15H17N3O3. The zero-order valence-corrected chi connectivity index (χ0v) is 11.9. The second-order valence-electron chi connectivity index (χ2n) is 4.88. The summed E-state index contributed by atoms with van der Waals surface area (Å²) >= 11 is 0. The molecule has 3 N–H and O–H groups in total. The van der Waals surface area contributed by atoms with Crippen LogP contribution in [0.1, 0.15) is 28.0 Å². The van der Waals surface area contributed by atoms with E-state index in [1.807, 2.05) is 26.0 Å². The molecule has 6 heteroatoms. The molecule has 1 amide bonds. The third-order valence-corrected chi connectivity index (χ3v) is 3.10. The standard InChI is InChI=1S/C15H17N3O3/c1-9-3-4-11(10(2)7-9)12-8-13(18-17-12)15(21)16-6-5-14(19)20/h3-4,7-8H,5-6H2,1-2H3,(H,16,21)(H,17,18)(H,19,20). The van der Waals surface area contributed by atoms with Crippen LogP contribution in [0.25, 0.3) is 11.3 Å². The lowest BCUT2D eigenvalue weighted by atomic mass is 10.0. The lowest BCUT2D eigenvalue weighted by Crippen LogP contribution is -2.26. The number of nitrogens with one attached hydrogen (secondary N) is 2. The van der Waals surface area contributed by atoms with Gasteiger partial charge in [0.25, 0.3) is 5.91 Å². The first-order valence-corrected chi connectivity index (χ1v) is 6.60. The average Bonchev–Trinajstić information content (AvgIpc) is 2.87. The normalized spacial score (nSPS) is 10.4. The molecule has 110 valence electrons. The SMILES string of the molecule is Cc1ccc(-c2cc(C(=O)NCCC(=O)O)[nH]n2)c(C)c1. The van der Waals surface area contributed by atoms with Crippen molar-refractivity contribution in [2.24, 2.45) is 0 Å². The first-order chi connectivity index (χ1) is 9.97. The summed E-state index contributed by atoms with van der Waals surface area (Å²) in [4.78, 5) is 22.2. The first kappa shape index (κ1) is 14.8. The monoisotopic (exact) mass is 287 g/mol. The number of rotatable bonds is 5. The van der Waals surface area contributed by atoms with Gasteiger partial charge in [-0.25, -0.2) is 0 Å². The molecule has 0 saturated carbocycles. The third kappa shape index (κ3) is 3.68. The van der Waals surface area contributed by atoms with Crippen molar-refractivity contribution in [1.82, 2.24) is 15.5 Å². The van der Waals surface area contributed by atoms with Crippen LogP contribution in [0.3, 0.4) is 0 Å². The minimum absolute atomic E-state index is 0.0894. The van der Waals surface area contributed by atoms with Crippen molar-refractivity contribution >= 4 is 11.9 Å². The van der Waals surface area contributed by atoms with E-state index < -0.39 is 5.97 Å².